The van der Waals surface area contributed by atoms with Crippen molar-refractivity contribution in [3.05, 3.63) is 23.7 Å². The lowest BCUT2D eigenvalue weighted by molar-refractivity contribution is -0.143. The number of carboxylic acid groups (broad SMARTS) is 1. The summed E-state index contributed by atoms with van der Waals surface area (Å²) in [5.41, 5.74) is 0. The van der Waals surface area contributed by atoms with Crippen LogP contribution in [-0.4, -0.2) is 40.3 Å². The molecular weight excluding hydrogens is 250 g/mol. The number of Topliss-reactive ketones (excluding diaryl/α,β-unsaturated/α-hetero) is 1. The Bertz CT molecular complexity index is 519. The highest BCUT2D eigenvalue weighted by atomic mass is 16.4. The van der Waals surface area contributed by atoms with Crippen LogP contribution in [0.5, 0.6) is 0 Å². The van der Waals surface area contributed by atoms with Gasteiger partial charge in [0, 0.05) is 13.5 Å². The Morgan fingerprint density at radius 2 is 1.95 bits per heavy atom. The second-order valence-corrected chi connectivity index (χ2v) is 4.57. The minimum absolute atomic E-state index is 0.0124. The van der Waals surface area contributed by atoms with Gasteiger partial charge in [0.05, 0.1) is 0 Å². The molecule has 19 heavy (non-hydrogen) atoms. The van der Waals surface area contributed by atoms with Crippen LogP contribution < -0.4 is 0 Å². The average Bonchev–Trinajstić information content (AvgIpc) is 2.87. The van der Waals surface area contributed by atoms with Gasteiger partial charge in [0.25, 0.3) is 5.91 Å². The summed E-state index contributed by atoms with van der Waals surface area (Å²) in [6.45, 7) is 1.74. The molecule has 0 aromatic carbocycles. The van der Waals surface area contributed by atoms with Crippen LogP contribution in [0, 0.1) is 0 Å². The summed E-state index contributed by atoms with van der Waals surface area (Å²) in [7, 11) is 0. The summed E-state index contributed by atoms with van der Waals surface area (Å²) in [5, 5.41) is 9.12. The second kappa shape index (κ2) is 5.26. The molecule has 2 heterocycles. The first-order chi connectivity index (χ1) is 9.00. The molecular formula is C13H15NO5. The second-order valence-electron chi connectivity index (χ2n) is 4.57. The quantitative estimate of drug-likeness (QED) is 0.838. The SMILES string of the molecule is CC(=O)c1ccc(C(=O)N2CCCCC2C(=O)O)o1. The highest BCUT2D eigenvalue weighted by molar-refractivity contribution is 5.97. The lowest BCUT2D eigenvalue weighted by Crippen LogP contribution is -2.47. The molecule has 1 amide bonds. The van der Waals surface area contributed by atoms with E-state index in [4.69, 9.17) is 9.52 Å². The van der Waals surface area contributed by atoms with Crippen LogP contribution in [-0.2, 0) is 4.79 Å². The van der Waals surface area contributed by atoms with E-state index < -0.39 is 17.9 Å². The Morgan fingerprint density at radius 3 is 2.53 bits per heavy atom. The molecule has 1 aliphatic rings. The number of nitrogens with zero attached hydrogens (tertiary/aromatic N) is 1. The van der Waals surface area contributed by atoms with E-state index in [0.29, 0.717) is 13.0 Å². The number of carboxylic acids is 1. The number of piperidine rings is 1. The van der Waals surface area contributed by atoms with Gasteiger partial charge in [0.15, 0.2) is 17.3 Å². The summed E-state index contributed by atoms with van der Waals surface area (Å²) in [4.78, 5) is 35.8. The zero-order valence-electron chi connectivity index (χ0n) is 10.6. The van der Waals surface area contributed by atoms with Crippen molar-refractivity contribution in [2.75, 3.05) is 6.54 Å². The Hall–Kier alpha value is -2.11. The molecule has 1 saturated heterocycles. The molecule has 6 nitrogen and oxygen atoms in total. The third-order valence-electron chi connectivity index (χ3n) is 3.21. The number of furan rings is 1. The summed E-state index contributed by atoms with van der Waals surface area (Å²) < 4.78 is 5.15. The Morgan fingerprint density at radius 1 is 1.26 bits per heavy atom. The van der Waals surface area contributed by atoms with Gasteiger partial charge in [-0.05, 0) is 31.4 Å². The third-order valence-corrected chi connectivity index (χ3v) is 3.21. The molecule has 1 fully saturated rings. The van der Waals surface area contributed by atoms with Crippen LogP contribution in [0.1, 0.15) is 47.3 Å². The third kappa shape index (κ3) is 2.67. The number of carbonyl (C=O) groups excluding carboxylic acids is 2. The maximum Gasteiger partial charge on any atom is 0.326 e. The largest absolute Gasteiger partial charge is 0.480 e. The molecule has 102 valence electrons. The molecule has 1 atom stereocenters. The van der Waals surface area contributed by atoms with Crippen LogP contribution in [0.3, 0.4) is 0 Å². The molecule has 1 aromatic rings. The maximum atomic E-state index is 12.2. The highest BCUT2D eigenvalue weighted by Crippen LogP contribution is 2.21. The number of aliphatic carboxylic acids is 1. The van der Waals surface area contributed by atoms with Crippen LogP contribution >= 0.6 is 0 Å². The molecule has 1 N–H and O–H groups in total. The number of carbonyl (C=O) groups is 3. The van der Waals surface area contributed by atoms with E-state index in [1.807, 2.05) is 0 Å². The normalized spacial score (nSPS) is 19.2. The first-order valence-corrected chi connectivity index (χ1v) is 6.15. The lowest BCUT2D eigenvalue weighted by Gasteiger charge is -2.32. The standard InChI is InChI=1S/C13H15NO5/c1-8(15)10-5-6-11(19-10)12(16)14-7-3-2-4-9(14)13(17)18/h5-6,9H,2-4,7H2,1H3,(H,17,18). The van der Waals surface area contributed by atoms with Crippen molar-refractivity contribution in [2.45, 2.75) is 32.2 Å². The summed E-state index contributed by atoms with van der Waals surface area (Å²) >= 11 is 0. The molecule has 2 rings (SSSR count). The van der Waals surface area contributed by atoms with Crippen molar-refractivity contribution < 1.29 is 23.9 Å². The van der Waals surface area contributed by atoms with Gasteiger partial charge in [-0.15, -0.1) is 0 Å². The van der Waals surface area contributed by atoms with Crippen molar-refractivity contribution in [1.29, 1.82) is 0 Å². The van der Waals surface area contributed by atoms with Crippen LogP contribution in [0.2, 0.25) is 0 Å². The van der Waals surface area contributed by atoms with Gasteiger partial charge in [-0.3, -0.25) is 9.59 Å². The molecule has 1 aliphatic heterocycles. The number of amides is 1. The molecule has 0 saturated carbocycles. The van der Waals surface area contributed by atoms with Gasteiger partial charge in [0.1, 0.15) is 6.04 Å². The summed E-state index contributed by atoms with van der Waals surface area (Å²) in [5.74, 6) is -1.64. The Balaban J connectivity index is 2.21. The van der Waals surface area contributed by atoms with E-state index in [0.717, 1.165) is 12.8 Å². The molecule has 1 unspecified atom stereocenters. The van der Waals surface area contributed by atoms with E-state index >= 15 is 0 Å². The first-order valence-electron chi connectivity index (χ1n) is 6.15. The van der Waals surface area contributed by atoms with Crippen molar-refractivity contribution in [3.63, 3.8) is 0 Å². The minimum atomic E-state index is -1.01. The number of hydrogen-bond acceptors (Lipinski definition) is 4. The smallest absolute Gasteiger partial charge is 0.326 e. The van der Waals surface area contributed by atoms with Crippen molar-refractivity contribution in [1.82, 2.24) is 4.90 Å². The van der Waals surface area contributed by atoms with Crippen molar-refractivity contribution in [3.8, 4) is 0 Å². The van der Waals surface area contributed by atoms with Gasteiger partial charge in [-0.2, -0.15) is 0 Å². The van der Waals surface area contributed by atoms with Gasteiger partial charge < -0.3 is 14.4 Å². The average molecular weight is 265 g/mol. The van der Waals surface area contributed by atoms with E-state index in [2.05, 4.69) is 0 Å². The zero-order valence-corrected chi connectivity index (χ0v) is 10.6. The fourth-order valence-corrected chi connectivity index (χ4v) is 2.21. The summed E-state index contributed by atoms with van der Waals surface area (Å²) in [6, 6.07) is 2.02. The molecule has 1 aromatic heterocycles. The number of hydrogen-bond donors (Lipinski definition) is 1. The molecule has 0 aliphatic carbocycles. The zero-order chi connectivity index (χ0) is 14.0. The molecule has 6 heteroatoms. The minimum Gasteiger partial charge on any atom is -0.480 e. The predicted molar refractivity (Wildman–Crippen MR) is 65.0 cm³/mol. The Kier molecular flexibility index (Phi) is 3.69. The van der Waals surface area contributed by atoms with Crippen LogP contribution in [0.25, 0.3) is 0 Å². The molecule has 0 radical (unpaired) electrons. The van der Waals surface area contributed by atoms with Gasteiger partial charge in [-0.25, -0.2) is 4.79 Å². The molecule has 0 spiro atoms. The fraction of sp³-hybridized carbons (Fsp3) is 0.462. The van der Waals surface area contributed by atoms with Crippen molar-refractivity contribution >= 4 is 17.7 Å². The number of rotatable bonds is 3. The number of likely N-dealkylation sites (tertiary alicyclic amines) is 1. The molecule has 0 bridgehead atoms. The number of ketones is 1. The van der Waals surface area contributed by atoms with Gasteiger partial charge in [-0.1, -0.05) is 0 Å². The lowest BCUT2D eigenvalue weighted by atomic mass is 10.0. The van der Waals surface area contributed by atoms with E-state index in [1.165, 1.54) is 24.0 Å². The first kappa shape index (κ1) is 13.3. The monoisotopic (exact) mass is 265 g/mol. The van der Waals surface area contributed by atoms with E-state index in [9.17, 15) is 14.4 Å². The van der Waals surface area contributed by atoms with Gasteiger partial charge >= 0.3 is 5.97 Å². The highest BCUT2D eigenvalue weighted by Gasteiger charge is 2.33. The maximum absolute atomic E-state index is 12.2. The summed E-state index contributed by atoms with van der Waals surface area (Å²) in [6.07, 6.45) is 2.01. The van der Waals surface area contributed by atoms with Crippen molar-refractivity contribution in [2.24, 2.45) is 0 Å². The van der Waals surface area contributed by atoms with Crippen LogP contribution in [0.15, 0.2) is 16.5 Å². The topological polar surface area (TPSA) is 87.8 Å². The van der Waals surface area contributed by atoms with Gasteiger partial charge in [0.2, 0.25) is 0 Å². The fourth-order valence-electron chi connectivity index (χ4n) is 2.21. The Labute approximate surface area is 110 Å². The van der Waals surface area contributed by atoms with E-state index in [1.54, 1.807) is 0 Å². The van der Waals surface area contributed by atoms with Crippen LogP contribution in [0.4, 0.5) is 0 Å². The predicted octanol–water partition coefficient (Wildman–Crippen LogP) is 1.56. The van der Waals surface area contributed by atoms with E-state index in [-0.39, 0.29) is 17.3 Å².